The molecule has 0 amide bonds. The van der Waals surface area contributed by atoms with Gasteiger partial charge in [-0.3, -0.25) is 12.2 Å². The molecule has 2 fully saturated rings. The Morgan fingerprint density at radius 1 is 0.630 bits per heavy atom. The summed E-state index contributed by atoms with van der Waals surface area (Å²) < 4.78 is 0. The maximum atomic E-state index is 3.41. The Bertz CT molecular complexity index is 447. The minimum Gasteiger partial charge on any atom is -1.00 e. The first-order valence-electron chi connectivity index (χ1n) is 10.4. The molecule has 4 aliphatic carbocycles. The van der Waals surface area contributed by atoms with Gasteiger partial charge in [-0.2, -0.15) is 12.2 Å². The van der Waals surface area contributed by atoms with Crippen molar-refractivity contribution in [3.05, 3.63) is 47.6 Å². The molecule has 0 saturated heterocycles. The van der Waals surface area contributed by atoms with Crippen LogP contribution in [0.5, 0.6) is 0 Å². The number of hydrogen-bond acceptors (Lipinski definition) is 0. The summed E-state index contributed by atoms with van der Waals surface area (Å²) in [5, 5.41) is 0. The van der Waals surface area contributed by atoms with Crippen LogP contribution in [-0.2, 0) is 25.8 Å². The van der Waals surface area contributed by atoms with Gasteiger partial charge in [-0.15, -0.1) is 12.8 Å². The van der Waals surface area contributed by atoms with Gasteiger partial charge in [0.2, 0.25) is 0 Å². The van der Waals surface area contributed by atoms with Gasteiger partial charge in [0, 0.05) is 0 Å². The second kappa shape index (κ2) is 15.6. The Morgan fingerprint density at radius 3 is 1.30 bits per heavy atom. The van der Waals surface area contributed by atoms with E-state index >= 15 is 0 Å². The Balaban J connectivity index is 0.000000451. The first kappa shape index (κ1) is 26.7. The molecule has 0 radical (unpaired) electrons. The van der Waals surface area contributed by atoms with E-state index in [1.807, 2.05) is 0 Å². The Morgan fingerprint density at radius 2 is 1.00 bits per heavy atom. The van der Waals surface area contributed by atoms with Crippen LogP contribution in [0.15, 0.2) is 35.5 Å². The molecule has 0 heterocycles. The average molecular weight is 539 g/mol. The molecule has 0 aromatic carbocycles. The third-order valence-corrected chi connectivity index (χ3v) is 6.00. The fourth-order valence-corrected chi connectivity index (χ4v) is 4.59. The van der Waals surface area contributed by atoms with Crippen LogP contribution in [0.4, 0.5) is 0 Å². The third kappa shape index (κ3) is 10.1. The van der Waals surface area contributed by atoms with Crippen LogP contribution in [0.25, 0.3) is 0 Å². The maximum Gasteiger partial charge on any atom is 4.00 e. The number of allylic oxidation sites excluding steroid dienone is 8. The summed E-state index contributed by atoms with van der Waals surface area (Å²) in [6, 6.07) is 0. The van der Waals surface area contributed by atoms with E-state index in [1.165, 1.54) is 88.2 Å². The first-order chi connectivity index (χ1) is 11.9. The predicted octanol–water partition coefficient (Wildman–Crippen LogP) is 1.30. The molecule has 3 heteroatoms. The van der Waals surface area contributed by atoms with E-state index in [4.69, 9.17) is 0 Å². The molecular formula is C24H34F2Hf. The van der Waals surface area contributed by atoms with E-state index in [0.29, 0.717) is 0 Å². The zero-order valence-corrected chi connectivity index (χ0v) is 20.2. The number of rotatable bonds is 4. The van der Waals surface area contributed by atoms with Crippen LogP contribution >= 0.6 is 0 Å². The summed E-state index contributed by atoms with van der Waals surface area (Å²) in [6.07, 6.45) is 35.1. The molecule has 4 aliphatic rings. The quantitative estimate of drug-likeness (QED) is 0.374. The van der Waals surface area contributed by atoms with Crippen molar-refractivity contribution in [3.8, 4) is 0 Å². The second-order valence-corrected chi connectivity index (χ2v) is 8.03. The molecular weight excluding hydrogens is 505 g/mol. The Labute approximate surface area is 184 Å². The van der Waals surface area contributed by atoms with E-state index in [0.717, 1.165) is 24.7 Å². The van der Waals surface area contributed by atoms with Crippen LogP contribution in [0.2, 0.25) is 0 Å². The summed E-state index contributed by atoms with van der Waals surface area (Å²) >= 11 is 0. The predicted molar refractivity (Wildman–Crippen MR) is 103 cm³/mol. The summed E-state index contributed by atoms with van der Waals surface area (Å²) in [5.41, 5.74) is 2.95. The van der Waals surface area contributed by atoms with Crippen molar-refractivity contribution in [1.82, 2.24) is 0 Å². The average Bonchev–Trinajstić information content (AvgIpc) is 3.32. The SMILES string of the molecule is [C-]1=C(CC2CCCCC2)C=CC1.[C-]1=C(CC2CCCCC2)C=CC1.[F-].[F-].[Hf+4]. The van der Waals surface area contributed by atoms with E-state index in [2.05, 4.69) is 36.5 Å². The largest absolute Gasteiger partial charge is 4.00 e. The van der Waals surface area contributed by atoms with Gasteiger partial charge < -0.3 is 9.41 Å². The van der Waals surface area contributed by atoms with Crippen molar-refractivity contribution in [2.45, 2.75) is 89.9 Å². The van der Waals surface area contributed by atoms with Gasteiger partial charge in [0.25, 0.3) is 0 Å². The molecule has 148 valence electrons. The fraction of sp³-hybridized carbons (Fsp3) is 0.667. The Hall–Kier alpha value is -0.310. The van der Waals surface area contributed by atoms with Gasteiger partial charge in [-0.25, -0.2) is 23.3 Å². The van der Waals surface area contributed by atoms with Crippen molar-refractivity contribution < 1.29 is 35.3 Å². The molecule has 0 aliphatic heterocycles. The molecule has 0 unspecified atom stereocenters. The molecule has 27 heavy (non-hydrogen) atoms. The van der Waals surface area contributed by atoms with Gasteiger partial charge in [-0.05, 0) is 11.8 Å². The van der Waals surface area contributed by atoms with Gasteiger partial charge in [0.1, 0.15) is 0 Å². The van der Waals surface area contributed by atoms with Gasteiger partial charge in [-0.1, -0.05) is 77.0 Å². The second-order valence-electron chi connectivity index (χ2n) is 8.03. The standard InChI is InChI=1S/2C12H17.2FH.Hf/c2*1-2-6-11(7-3-1)10-12-8-4-5-9-12;;;/h2*4,8,11H,1-3,5-7,10H2;2*1H;/q2*-1;;;+4/p-2. The van der Waals surface area contributed by atoms with E-state index in [1.54, 1.807) is 0 Å². The zero-order valence-electron chi connectivity index (χ0n) is 16.6. The molecule has 0 bridgehead atoms. The molecule has 4 rings (SSSR count). The van der Waals surface area contributed by atoms with Crippen molar-refractivity contribution in [1.29, 1.82) is 0 Å². The van der Waals surface area contributed by atoms with Gasteiger partial charge in [0.05, 0.1) is 0 Å². The minimum atomic E-state index is 0. The number of hydrogen-bond donors (Lipinski definition) is 0. The fourth-order valence-electron chi connectivity index (χ4n) is 4.59. The van der Waals surface area contributed by atoms with Crippen molar-refractivity contribution in [2.24, 2.45) is 11.8 Å². The van der Waals surface area contributed by atoms with Crippen LogP contribution in [0.1, 0.15) is 89.9 Å². The van der Waals surface area contributed by atoms with Crippen LogP contribution in [0.3, 0.4) is 0 Å². The van der Waals surface area contributed by atoms with Crippen LogP contribution < -0.4 is 9.41 Å². The normalized spacial score (nSPS) is 21.8. The molecule has 2 saturated carbocycles. The molecule has 0 atom stereocenters. The Kier molecular flexibility index (Phi) is 15.4. The maximum absolute atomic E-state index is 3.41. The molecule has 0 aromatic heterocycles. The van der Waals surface area contributed by atoms with Gasteiger partial charge >= 0.3 is 25.8 Å². The van der Waals surface area contributed by atoms with Crippen molar-refractivity contribution >= 4 is 0 Å². The molecule has 0 aromatic rings. The third-order valence-electron chi connectivity index (χ3n) is 6.00. The number of halogens is 2. The van der Waals surface area contributed by atoms with E-state index in [9.17, 15) is 0 Å². The molecule has 0 nitrogen and oxygen atoms in total. The smallest absolute Gasteiger partial charge is 1.00 e. The summed E-state index contributed by atoms with van der Waals surface area (Å²) in [6.45, 7) is 0. The zero-order chi connectivity index (χ0) is 16.5. The molecule has 0 spiro atoms. The summed E-state index contributed by atoms with van der Waals surface area (Å²) in [7, 11) is 0. The monoisotopic (exact) mass is 540 g/mol. The van der Waals surface area contributed by atoms with Crippen molar-refractivity contribution in [3.63, 3.8) is 0 Å². The van der Waals surface area contributed by atoms with Gasteiger partial charge in [0.15, 0.2) is 0 Å². The first-order valence-corrected chi connectivity index (χ1v) is 10.4. The summed E-state index contributed by atoms with van der Waals surface area (Å²) in [4.78, 5) is 0. The van der Waals surface area contributed by atoms with Crippen LogP contribution in [0, 0.1) is 24.0 Å². The summed E-state index contributed by atoms with van der Waals surface area (Å²) in [5.74, 6) is 1.95. The van der Waals surface area contributed by atoms with Crippen molar-refractivity contribution in [2.75, 3.05) is 0 Å². The van der Waals surface area contributed by atoms with E-state index < -0.39 is 0 Å². The topological polar surface area (TPSA) is 0 Å². The molecule has 0 N–H and O–H groups in total. The van der Waals surface area contributed by atoms with Crippen LogP contribution in [-0.4, -0.2) is 0 Å². The minimum absolute atomic E-state index is 0. The van der Waals surface area contributed by atoms with E-state index in [-0.39, 0.29) is 35.3 Å².